The number of aromatic nitrogens is 1. The molecule has 0 saturated carbocycles. The number of halogens is 1. The summed E-state index contributed by atoms with van der Waals surface area (Å²) in [5.41, 5.74) is 3.99. The van der Waals surface area contributed by atoms with Crippen molar-refractivity contribution in [2.24, 2.45) is 5.92 Å². The van der Waals surface area contributed by atoms with Crippen molar-refractivity contribution in [3.8, 4) is 39.7 Å². The van der Waals surface area contributed by atoms with Gasteiger partial charge in [-0.25, -0.2) is 0 Å². The Morgan fingerprint density at radius 2 is 1.52 bits per heavy atom. The van der Waals surface area contributed by atoms with E-state index in [0.717, 1.165) is 42.6 Å². The number of hydrogen-bond donors (Lipinski definition) is 2. The highest BCUT2D eigenvalue weighted by Gasteiger charge is 2.28. The first-order valence-electron chi connectivity index (χ1n) is 15.4. The Kier molecular flexibility index (Phi) is 10.2. The fraction of sp³-hybridized carbons (Fsp3) is 0.243. The molecule has 0 aliphatic carbocycles. The number of ether oxygens (including phenoxy) is 3. The van der Waals surface area contributed by atoms with Crippen LogP contribution in [0.2, 0.25) is 5.02 Å². The third-order valence-corrected chi connectivity index (χ3v) is 8.34. The topological polar surface area (TPSA) is 94.9 Å². The minimum Gasteiger partial charge on any atom is -0.497 e. The molecule has 0 radical (unpaired) electrons. The quantitative estimate of drug-likeness (QED) is 0.146. The van der Waals surface area contributed by atoms with Crippen LogP contribution in [0.15, 0.2) is 102 Å². The number of methoxy groups -OCH3 is 1. The molecule has 46 heavy (non-hydrogen) atoms. The van der Waals surface area contributed by atoms with Gasteiger partial charge in [-0.1, -0.05) is 89.6 Å². The first-order valence-corrected chi connectivity index (χ1v) is 15.8. The van der Waals surface area contributed by atoms with Crippen molar-refractivity contribution in [1.82, 2.24) is 15.8 Å². The zero-order valence-corrected chi connectivity index (χ0v) is 26.4. The third-order valence-electron chi connectivity index (χ3n) is 8.05. The number of piperidine rings is 1. The molecule has 1 fully saturated rings. The van der Waals surface area contributed by atoms with Crippen LogP contribution in [0.25, 0.3) is 22.5 Å². The molecule has 4 aromatic carbocycles. The molecule has 6 rings (SSSR count). The van der Waals surface area contributed by atoms with E-state index in [1.165, 1.54) is 0 Å². The first kappa shape index (κ1) is 31.2. The van der Waals surface area contributed by atoms with Crippen LogP contribution in [0.4, 0.5) is 0 Å². The second kappa shape index (κ2) is 15.0. The monoisotopic (exact) mass is 637 g/mol. The van der Waals surface area contributed by atoms with Crippen LogP contribution in [-0.2, 0) is 13.2 Å². The molecule has 5 aromatic rings. The van der Waals surface area contributed by atoms with Crippen molar-refractivity contribution >= 4 is 17.5 Å². The second-order valence-corrected chi connectivity index (χ2v) is 11.6. The highest BCUT2D eigenvalue weighted by molar-refractivity contribution is 6.32. The molecule has 2 N–H and O–H groups in total. The van der Waals surface area contributed by atoms with Gasteiger partial charge in [-0.05, 0) is 66.7 Å². The lowest BCUT2D eigenvalue weighted by Crippen LogP contribution is -2.36. The van der Waals surface area contributed by atoms with Crippen molar-refractivity contribution in [3.63, 3.8) is 0 Å². The Labute approximate surface area is 273 Å². The number of hydrogen-bond acceptors (Lipinski definition) is 7. The number of nitrogens with zero attached hydrogens (tertiary/aromatic N) is 1. The lowest BCUT2D eigenvalue weighted by Gasteiger charge is -2.22. The van der Waals surface area contributed by atoms with Crippen LogP contribution in [0.3, 0.4) is 0 Å². The summed E-state index contributed by atoms with van der Waals surface area (Å²) >= 11 is 6.83. The van der Waals surface area contributed by atoms with Crippen LogP contribution in [-0.4, -0.2) is 37.8 Å². The van der Waals surface area contributed by atoms with Crippen molar-refractivity contribution in [2.75, 3.05) is 26.7 Å². The molecule has 1 aromatic heterocycles. The summed E-state index contributed by atoms with van der Waals surface area (Å²) in [4.78, 5) is 13.6. The van der Waals surface area contributed by atoms with Gasteiger partial charge in [0.1, 0.15) is 30.5 Å². The fourth-order valence-corrected chi connectivity index (χ4v) is 5.69. The lowest BCUT2D eigenvalue weighted by molar-refractivity contribution is 0.0936. The first-order chi connectivity index (χ1) is 22.6. The molecule has 1 aliphatic heterocycles. The van der Waals surface area contributed by atoms with Gasteiger partial charge in [0.2, 0.25) is 0 Å². The summed E-state index contributed by atoms with van der Waals surface area (Å²) < 4.78 is 23.9. The van der Waals surface area contributed by atoms with Crippen molar-refractivity contribution in [2.45, 2.75) is 26.1 Å². The smallest absolute Gasteiger partial charge is 0.274 e. The number of rotatable bonds is 12. The molecule has 9 heteroatoms. The van der Waals surface area contributed by atoms with Crippen LogP contribution < -0.4 is 24.8 Å². The average Bonchev–Trinajstić information content (AvgIpc) is 3.56. The van der Waals surface area contributed by atoms with E-state index in [9.17, 15) is 4.79 Å². The molecule has 1 aliphatic rings. The summed E-state index contributed by atoms with van der Waals surface area (Å²) in [6, 6.07) is 30.7. The Balaban J connectivity index is 1.39. The second-order valence-electron chi connectivity index (χ2n) is 11.2. The molecule has 2 heterocycles. The number of nitrogens with one attached hydrogen (secondary N) is 2. The highest BCUT2D eigenvalue weighted by atomic mass is 35.5. The summed E-state index contributed by atoms with van der Waals surface area (Å²) in [6.07, 6.45) is 2.02. The predicted molar refractivity (Wildman–Crippen MR) is 178 cm³/mol. The summed E-state index contributed by atoms with van der Waals surface area (Å²) in [7, 11) is 1.61. The maximum absolute atomic E-state index is 13.6. The molecule has 1 amide bonds. The van der Waals surface area contributed by atoms with E-state index in [4.69, 9.17) is 30.3 Å². The van der Waals surface area contributed by atoms with Gasteiger partial charge in [0.15, 0.2) is 11.5 Å². The van der Waals surface area contributed by atoms with Gasteiger partial charge >= 0.3 is 0 Å². The number of amides is 1. The van der Waals surface area contributed by atoms with E-state index in [1.54, 1.807) is 19.2 Å². The largest absolute Gasteiger partial charge is 0.497 e. The molecule has 236 valence electrons. The highest BCUT2D eigenvalue weighted by Crippen LogP contribution is 2.44. The molecule has 0 unspecified atom stereocenters. The van der Waals surface area contributed by atoms with E-state index in [-0.39, 0.29) is 11.6 Å². The minimum absolute atomic E-state index is 0.184. The third kappa shape index (κ3) is 7.53. The van der Waals surface area contributed by atoms with Crippen LogP contribution in [0.1, 0.15) is 34.5 Å². The van der Waals surface area contributed by atoms with Gasteiger partial charge in [-0.3, -0.25) is 4.79 Å². The Hall–Kier alpha value is -4.79. The Morgan fingerprint density at radius 3 is 2.15 bits per heavy atom. The summed E-state index contributed by atoms with van der Waals surface area (Å²) in [5, 5.41) is 11.1. The van der Waals surface area contributed by atoms with Gasteiger partial charge < -0.3 is 29.4 Å². The predicted octanol–water partition coefficient (Wildman–Crippen LogP) is 7.56. The van der Waals surface area contributed by atoms with E-state index in [1.807, 2.05) is 84.9 Å². The van der Waals surface area contributed by atoms with Crippen LogP contribution in [0.5, 0.6) is 17.2 Å². The van der Waals surface area contributed by atoms with E-state index in [0.29, 0.717) is 64.8 Å². The number of benzene rings is 4. The van der Waals surface area contributed by atoms with Gasteiger partial charge in [0, 0.05) is 12.6 Å². The maximum atomic E-state index is 13.6. The zero-order valence-electron chi connectivity index (χ0n) is 25.6. The molecule has 1 saturated heterocycles. The van der Waals surface area contributed by atoms with Gasteiger partial charge in [-0.2, -0.15) is 0 Å². The van der Waals surface area contributed by atoms with E-state index >= 15 is 0 Å². The average molecular weight is 638 g/mol. The van der Waals surface area contributed by atoms with Gasteiger partial charge in [0.05, 0.1) is 23.3 Å². The molecular weight excluding hydrogens is 602 g/mol. The van der Waals surface area contributed by atoms with Crippen molar-refractivity contribution in [1.29, 1.82) is 0 Å². The van der Waals surface area contributed by atoms with Gasteiger partial charge in [-0.15, -0.1) is 0 Å². The summed E-state index contributed by atoms with van der Waals surface area (Å²) in [5.74, 6) is 2.08. The molecular formula is C37H36ClN3O5. The number of carbonyl (C=O) groups is 1. The van der Waals surface area contributed by atoms with Crippen LogP contribution in [0, 0.1) is 5.92 Å². The fourth-order valence-electron chi connectivity index (χ4n) is 5.47. The van der Waals surface area contributed by atoms with Crippen molar-refractivity contribution < 1.29 is 23.5 Å². The SMILES string of the molecule is COc1ccc(-c2c(C(=O)NCC3CCNCC3)noc2-c2cc(Cl)c(OCc3ccccc3)cc2OCc2ccccc2)cc1. The lowest BCUT2D eigenvalue weighted by atomic mass is 9.97. The molecule has 0 bridgehead atoms. The maximum Gasteiger partial charge on any atom is 0.274 e. The zero-order chi connectivity index (χ0) is 31.7. The normalized spacial score (nSPS) is 13.3. The number of carbonyl (C=O) groups excluding carboxylic acids is 1. The van der Waals surface area contributed by atoms with Crippen molar-refractivity contribution in [3.05, 3.63) is 119 Å². The van der Waals surface area contributed by atoms with E-state index in [2.05, 4.69) is 15.8 Å². The summed E-state index contributed by atoms with van der Waals surface area (Å²) in [6.45, 7) is 3.09. The molecule has 0 atom stereocenters. The minimum atomic E-state index is -0.306. The standard InChI is InChI=1S/C37H36ClN3O5/c1-43-29-14-12-28(13-15-29)34-35(37(42)40-22-25-16-18-39-19-17-25)41-46-36(34)30-20-31(38)33(45-24-27-10-6-3-7-11-27)21-32(30)44-23-26-8-4-2-5-9-26/h2-15,20-21,25,39H,16-19,22-24H2,1H3,(H,40,42). The van der Waals surface area contributed by atoms with E-state index < -0.39 is 0 Å². The van der Waals surface area contributed by atoms with Gasteiger partial charge in [0.25, 0.3) is 5.91 Å². The molecule has 8 nitrogen and oxygen atoms in total. The Bertz CT molecular complexity index is 1740. The Morgan fingerprint density at radius 1 is 0.891 bits per heavy atom. The molecule has 0 spiro atoms. The van der Waals surface area contributed by atoms with Crippen LogP contribution >= 0.6 is 11.6 Å².